The normalized spacial score (nSPS) is 15.0. The lowest BCUT2D eigenvalue weighted by Gasteiger charge is -2.28. The second-order valence-electron chi connectivity index (χ2n) is 7.78. The lowest BCUT2D eigenvalue weighted by molar-refractivity contribution is -0.143. The fourth-order valence-corrected chi connectivity index (χ4v) is 3.85. The molecule has 0 saturated carbocycles. The van der Waals surface area contributed by atoms with Gasteiger partial charge in [-0.1, -0.05) is 42.5 Å². The van der Waals surface area contributed by atoms with Gasteiger partial charge in [0.2, 0.25) is 0 Å². The van der Waals surface area contributed by atoms with Gasteiger partial charge in [0, 0.05) is 0 Å². The summed E-state index contributed by atoms with van der Waals surface area (Å²) in [6, 6.07) is 9.08. The minimum Gasteiger partial charge on any atom is -0.319 e. The molecule has 1 aliphatic heterocycles. The van der Waals surface area contributed by atoms with Gasteiger partial charge in [0.1, 0.15) is 11.3 Å². The highest BCUT2D eigenvalue weighted by Gasteiger charge is 2.48. The Morgan fingerprint density at radius 2 is 1.22 bits per heavy atom. The number of halogens is 8. The van der Waals surface area contributed by atoms with Crippen LogP contribution >= 0.6 is 0 Å². The van der Waals surface area contributed by atoms with Crippen LogP contribution in [-0.4, -0.2) is 28.7 Å². The van der Waals surface area contributed by atoms with E-state index >= 15 is 4.39 Å². The predicted octanol–water partition coefficient (Wildman–Crippen LogP) is 5.58. The van der Waals surface area contributed by atoms with E-state index in [0.29, 0.717) is 0 Å². The molecular formula is C24H12F8N2O3. The van der Waals surface area contributed by atoms with Crippen LogP contribution in [0.2, 0.25) is 0 Å². The van der Waals surface area contributed by atoms with Crippen LogP contribution in [0.15, 0.2) is 54.6 Å². The molecule has 1 N–H and O–H groups in total. The molecule has 0 spiro atoms. The number of amides is 3. The van der Waals surface area contributed by atoms with E-state index in [9.17, 15) is 45.1 Å². The number of alkyl halides is 4. The second-order valence-corrected chi connectivity index (χ2v) is 7.78. The molecule has 1 aliphatic rings. The Morgan fingerprint density at radius 1 is 0.757 bits per heavy atom. The molecule has 5 nitrogen and oxygen atoms in total. The zero-order valence-electron chi connectivity index (χ0n) is 18.0. The Labute approximate surface area is 202 Å². The van der Waals surface area contributed by atoms with Gasteiger partial charge in [-0.3, -0.25) is 19.3 Å². The number of hydrogen-bond donors (Lipinski definition) is 1. The summed E-state index contributed by atoms with van der Waals surface area (Å²) in [6.45, 7) is 0. The summed E-state index contributed by atoms with van der Waals surface area (Å²) in [4.78, 5) is 39.0. The molecule has 0 radical (unpaired) electrons. The highest BCUT2D eigenvalue weighted by atomic mass is 19.4. The lowest BCUT2D eigenvalue weighted by atomic mass is 10.0. The molecule has 2 atom stereocenters. The van der Waals surface area contributed by atoms with Gasteiger partial charge >= 0.3 is 6.18 Å². The first-order chi connectivity index (χ1) is 17.4. The topological polar surface area (TPSA) is 66.5 Å². The van der Waals surface area contributed by atoms with E-state index in [-0.39, 0.29) is 21.6 Å². The molecule has 1 heterocycles. The molecule has 4 rings (SSSR count). The maximum Gasteiger partial charge on any atom is 0.422 e. The minimum absolute atomic E-state index is 0.157. The van der Waals surface area contributed by atoms with Crippen molar-refractivity contribution in [2.24, 2.45) is 0 Å². The van der Waals surface area contributed by atoms with E-state index in [1.165, 1.54) is 47.8 Å². The highest BCUT2D eigenvalue weighted by molar-refractivity contribution is 6.23. The molecule has 0 fully saturated rings. The van der Waals surface area contributed by atoms with Crippen molar-refractivity contribution in [1.29, 1.82) is 0 Å². The zero-order chi connectivity index (χ0) is 27.2. The number of hydrogen-bond acceptors (Lipinski definition) is 3. The molecule has 3 aromatic carbocycles. The third-order valence-corrected chi connectivity index (χ3v) is 5.56. The van der Waals surface area contributed by atoms with Crippen LogP contribution in [0.4, 0.5) is 40.8 Å². The number of imide groups is 1. The average molecular weight is 528 g/mol. The van der Waals surface area contributed by atoms with Gasteiger partial charge in [0.05, 0.1) is 11.1 Å². The van der Waals surface area contributed by atoms with Crippen molar-refractivity contribution < 1.29 is 49.5 Å². The molecule has 0 unspecified atom stereocenters. The van der Waals surface area contributed by atoms with Gasteiger partial charge < -0.3 is 5.32 Å². The first-order valence-electron chi connectivity index (χ1n) is 10.3. The lowest BCUT2D eigenvalue weighted by Crippen LogP contribution is -2.50. The summed E-state index contributed by atoms with van der Waals surface area (Å²) in [7, 11) is 0. The summed E-state index contributed by atoms with van der Waals surface area (Å²) >= 11 is 0. The number of anilines is 1. The number of benzene rings is 3. The molecule has 37 heavy (non-hydrogen) atoms. The predicted molar refractivity (Wildman–Crippen MR) is 111 cm³/mol. The Bertz CT molecular complexity index is 1360. The molecule has 0 aliphatic carbocycles. The van der Waals surface area contributed by atoms with Gasteiger partial charge in [0.15, 0.2) is 35.5 Å². The smallest absolute Gasteiger partial charge is 0.319 e. The SMILES string of the molecule is O=C(Nc1c(F)c(F)c(C(F)(F)F)c(F)c1F)[C@H]([C@@H](F)c1ccccc1)N1C(=O)c2ccccc2C1=O. The standard InChI is InChI=1S/C24H12F8N2O3/c25-14(10-6-2-1-3-7-10)20(34-22(36)11-8-4-5-9-12(11)23(34)37)21(35)33-19-17(28)15(26)13(24(30,31)32)16(27)18(19)29/h1-9,14,20H,(H,33,35)/t14-,20-/m0/s1. The summed E-state index contributed by atoms with van der Waals surface area (Å²) in [5.74, 6) is -15.2. The van der Waals surface area contributed by atoms with Crippen LogP contribution in [0.25, 0.3) is 0 Å². The Kier molecular flexibility index (Phi) is 6.48. The maximum atomic E-state index is 15.7. The van der Waals surface area contributed by atoms with Crippen molar-refractivity contribution in [3.63, 3.8) is 0 Å². The molecule has 3 aromatic rings. The van der Waals surface area contributed by atoms with E-state index in [4.69, 9.17) is 0 Å². The van der Waals surface area contributed by atoms with Crippen LogP contribution in [-0.2, 0) is 11.0 Å². The van der Waals surface area contributed by atoms with E-state index in [0.717, 1.165) is 12.1 Å². The van der Waals surface area contributed by atoms with Crippen LogP contribution < -0.4 is 5.32 Å². The third-order valence-electron chi connectivity index (χ3n) is 5.56. The molecule has 0 saturated heterocycles. The number of nitrogens with zero attached hydrogens (tertiary/aromatic N) is 1. The average Bonchev–Trinajstić information content (AvgIpc) is 3.11. The molecule has 192 valence electrons. The first kappa shape index (κ1) is 25.8. The summed E-state index contributed by atoms with van der Waals surface area (Å²) in [5, 5.41) is 1.31. The molecular weight excluding hydrogens is 516 g/mol. The highest BCUT2D eigenvalue weighted by Crippen LogP contribution is 2.39. The number of carbonyl (C=O) groups excluding carboxylic acids is 3. The van der Waals surface area contributed by atoms with E-state index < -0.39 is 70.6 Å². The first-order valence-corrected chi connectivity index (χ1v) is 10.3. The van der Waals surface area contributed by atoms with Crippen molar-refractivity contribution in [2.45, 2.75) is 18.4 Å². The third kappa shape index (κ3) is 4.30. The van der Waals surface area contributed by atoms with Gasteiger partial charge in [-0.05, 0) is 17.7 Å². The van der Waals surface area contributed by atoms with E-state index in [1.807, 2.05) is 0 Å². The number of carbonyl (C=O) groups is 3. The van der Waals surface area contributed by atoms with Gasteiger partial charge in [-0.25, -0.2) is 22.0 Å². The number of nitrogens with one attached hydrogen (secondary N) is 1. The van der Waals surface area contributed by atoms with Crippen molar-refractivity contribution in [1.82, 2.24) is 4.90 Å². The Hall–Kier alpha value is -4.29. The van der Waals surface area contributed by atoms with Gasteiger partial charge in [-0.2, -0.15) is 13.2 Å². The van der Waals surface area contributed by atoms with E-state index in [2.05, 4.69) is 0 Å². The minimum atomic E-state index is -5.83. The van der Waals surface area contributed by atoms with Crippen molar-refractivity contribution >= 4 is 23.4 Å². The number of fused-ring (bicyclic) bond motifs is 1. The molecule has 0 aromatic heterocycles. The van der Waals surface area contributed by atoms with Crippen LogP contribution in [0.1, 0.15) is 38.0 Å². The van der Waals surface area contributed by atoms with Crippen molar-refractivity contribution in [3.8, 4) is 0 Å². The van der Waals surface area contributed by atoms with Crippen molar-refractivity contribution in [3.05, 3.63) is 100 Å². The monoisotopic (exact) mass is 528 g/mol. The largest absolute Gasteiger partial charge is 0.422 e. The van der Waals surface area contributed by atoms with Crippen molar-refractivity contribution in [2.75, 3.05) is 5.32 Å². The fraction of sp³-hybridized carbons (Fsp3) is 0.125. The maximum absolute atomic E-state index is 15.7. The zero-order valence-corrected chi connectivity index (χ0v) is 18.0. The molecule has 3 amide bonds. The summed E-state index contributed by atoms with van der Waals surface area (Å²) in [5.41, 5.74) is -5.62. The Morgan fingerprint density at radius 3 is 1.68 bits per heavy atom. The fourth-order valence-electron chi connectivity index (χ4n) is 3.85. The summed E-state index contributed by atoms with van der Waals surface area (Å²) in [6.07, 6.45) is -8.36. The van der Waals surface area contributed by atoms with Crippen LogP contribution in [0.5, 0.6) is 0 Å². The van der Waals surface area contributed by atoms with Gasteiger partial charge in [-0.15, -0.1) is 0 Å². The summed E-state index contributed by atoms with van der Waals surface area (Å²) < 4.78 is 111. The molecule has 13 heteroatoms. The number of rotatable bonds is 5. The van der Waals surface area contributed by atoms with Crippen LogP contribution in [0.3, 0.4) is 0 Å². The van der Waals surface area contributed by atoms with Gasteiger partial charge in [0.25, 0.3) is 17.7 Å². The Balaban J connectivity index is 1.81. The quantitative estimate of drug-likeness (QED) is 0.267. The second kappa shape index (κ2) is 9.30. The molecule has 0 bridgehead atoms. The van der Waals surface area contributed by atoms with Crippen LogP contribution in [0, 0.1) is 23.3 Å². The van der Waals surface area contributed by atoms with E-state index in [1.54, 1.807) is 0 Å².